The number of fused-ring (bicyclic) bond motifs is 1. The first-order valence-corrected chi connectivity index (χ1v) is 10.8. The van der Waals surface area contributed by atoms with Gasteiger partial charge in [0.05, 0.1) is 0 Å². The minimum Gasteiger partial charge on any atom is -0.445 e. The molecule has 0 unspecified atom stereocenters. The van der Waals surface area contributed by atoms with E-state index in [4.69, 9.17) is 4.74 Å². The van der Waals surface area contributed by atoms with Crippen LogP contribution in [0.5, 0.6) is 0 Å². The van der Waals surface area contributed by atoms with Crippen molar-refractivity contribution in [3.05, 3.63) is 66.4 Å². The van der Waals surface area contributed by atoms with Gasteiger partial charge in [0.2, 0.25) is 5.91 Å². The van der Waals surface area contributed by atoms with Gasteiger partial charge in [0, 0.05) is 35.9 Å². The highest BCUT2D eigenvalue weighted by Gasteiger charge is 2.25. The maximum Gasteiger partial charge on any atom is 0.408 e. The number of hydrogen-bond donors (Lipinski definition) is 2. The fraction of sp³-hybridized carbons (Fsp3) is 0.360. The molecule has 0 aliphatic carbocycles. The summed E-state index contributed by atoms with van der Waals surface area (Å²) in [6.07, 6.45) is 1.44. The van der Waals surface area contributed by atoms with Crippen molar-refractivity contribution in [1.82, 2.24) is 14.8 Å². The van der Waals surface area contributed by atoms with Gasteiger partial charge in [-0.25, -0.2) is 4.79 Å². The summed E-state index contributed by atoms with van der Waals surface area (Å²) in [5.74, 6) is -0.377. The average Bonchev–Trinajstić information content (AvgIpc) is 3.17. The van der Waals surface area contributed by atoms with Crippen LogP contribution in [0.15, 0.2) is 60.8 Å². The van der Waals surface area contributed by atoms with Crippen LogP contribution in [0.4, 0.5) is 10.5 Å². The van der Waals surface area contributed by atoms with Gasteiger partial charge in [-0.15, -0.1) is 0 Å². The lowest BCUT2D eigenvalue weighted by Gasteiger charge is -2.21. The van der Waals surface area contributed by atoms with E-state index in [9.17, 15) is 9.59 Å². The molecular weight excluding hydrogens is 404 g/mol. The molecule has 0 radical (unpaired) electrons. The highest BCUT2D eigenvalue weighted by Crippen LogP contribution is 2.21. The second-order valence-corrected chi connectivity index (χ2v) is 8.50. The van der Waals surface area contributed by atoms with Gasteiger partial charge in [-0.1, -0.05) is 44.2 Å². The summed E-state index contributed by atoms with van der Waals surface area (Å²) in [4.78, 5) is 27.3. The SMILES string of the molecule is CC(C)[C@H](NC(=O)OCc1ccccc1)C(=O)Nc1ccc2c(ccn2CCN(C)C)c1. The normalized spacial score (nSPS) is 12.2. The number of hydrogen-bond acceptors (Lipinski definition) is 4. The third-order valence-corrected chi connectivity index (χ3v) is 5.26. The Labute approximate surface area is 189 Å². The molecule has 3 aromatic rings. The highest BCUT2D eigenvalue weighted by molar-refractivity contribution is 5.98. The molecule has 2 aromatic carbocycles. The van der Waals surface area contributed by atoms with Gasteiger partial charge in [-0.05, 0) is 49.8 Å². The number of alkyl carbamates (subject to hydrolysis) is 1. The van der Waals surface area contributed by atoms with Crippen molar-refractivity contribution in [3.63, 3.8) is 0 Å². The molecule has 0 aliphatic rings. The number of nitrogens with one attached hydrogen (secondary N) is 2. The average molecular weight is 437 g/mol. The van der Waals surface area contributed by atoms with Crippen molar-refractivity contribution in [2.24, 2.45) is 5.92 Å². The molecule has 7 heteroatoms. The zero-order valence-corrected chi connectivity index (χ0v) is 19.2. The van der Waals surface area contributed by atoms with Crippen molar-refractivity contribution in [3.8, 4) is 0 Å². The van der Waals surface area contributed by atoms with E-state index in [2.05, 4.69) is 40.4 Å². The van der Waals surface area contributed by atoms with E-state index in [-0.39, 0.29) is 18.4 Å². The highest BCUT2D eigenvalue weighted by atomic mass is 16.5. The third-order valence-electron chi connectivity index (χ3n) is 5.26. The summed E-state index contributed by atoms with van der Waals surface area (Å²) < 4.78 is 7.47. The number of anilines is 1. The van der Waals surface area contributed by atoms with E-state index < -0.39 is 12.1 Å². The summed E-state index contributed by atoms with van der Waals surface area (Å²) in [7, 11) is 4.10. The Morgan fingerprint density at radius 1 is 1.06 bits per heavy atom. The molecule has 2 amide bonds. The molecular formula is C25H32N4O3. The molecule has 7 nitrogen and oxygen atoms in total. The molecule has 0 spiro atoms. The van der Waals surface area contributed by atoms with Crippen molar-refractivity contribution < 1.29 is 14.3 Å². The van der Waals surface area contributed by atoms with Crippen LogP contribution in [0.25, 0.3) is 10.9 Å². The second kappa shape index (κ2) is 10.8. The van der Waals surface area contributed by atoms with E-state index in [1.165, 1.54) is 0 Å². The van der Waals surface area contributed by atoms with Gasteiger partial charge < -0.3 is 24.8 Å². The second-order valence-electron chi connectivity index (χ2n) is 8.50. The zero-order valence-electron chi connectivity index (χ0n) is 19.2. The van der Waals surface area contributed by atoms with Crippen molar-refractivity contribution in [1.29, 1.82) is 0 Å². The van der Waals surface area contributed by atoms with E-state index in [1.807, 2.05) is 68.4 Å². The number of likely N-dealkylation sites (N-methyl/N-ethyl adjacent to an activating group) is 1. The first kappa shape index (κ1) is 23.3. The first-order valence-electron chi connectivity index (χ1n) is 10.8. The van der Waals surface area contributed by atoms with Gasteiger partial charge in [0.25, 0.3) is 0 Å². The number of benzene rings is 2. The van der Waals surface area contributed by atoms with Gasteiger partial charge in [-0.2, -0.15) is 0 Å². The summed E-state index contributed by atoms with van der Waals surface area (Å²) in [6, 6.07) is 16.6. The Morgan fingerprint density at radius 2 is 1.81 bits per heavy atom. The van der Waals surface area contributed by atoms with Crippen LogP contribution in [-0.4, -0.2) is 48.1 Å². The maximum atomic E-state index is 12.9. The number of nitrogens with zero attached hydrogens (tertiary/aromatic N) is 2. The topological polar surface area (TPSA) is 75.6 Å². The first-order chi connectivity index (χ1) is 15.3. The largest absolute Gasteiger partial charge is 0.445 e. The summed E-state index contributed by atoms with van der Waals surface area (Å²) in [5, 5.41) is 6.67. The maximum absolute atomic E-state index is 12.9. The summed E-state index contributed by atoms with van der Waals surface area (Å²) in [6.45, 7) is 5.77. The molecule has 0 saturated carbocycles. The smallest absolute Gasteiger partial charge is 0.408 e. The van der Waals surface area contributed by atoms with Crippen LogP contribution in [0.1, 0.15) is 19.4 Å². The predicted octanol–water partition coefficient (Wildman–Crippen LogP) is 4.09. The molecule has 1 heterocycles. The number of rotatable bonds is 9. The van der Waals surface area contributed by atoms with Gasteiger partial charge >= 0.3 is 6.09 Å². The van der Waals surface area contributed by atoms with Gasteiger partial charge in [-0.3, -0.25) is 4.79 Å². The monoisotopic (exact) mass is 436 g/mol. The number of amides is 2. The Balaban J connectivity index is 1.61. The molecule has 32 heavy (non-hydrogen) atoms. The Morgan fingerprint density at radius 3 is 2.50 bits per heavy atom. The number of carbonyl (C=O) groups is 2. The van der Waals surface area contributed by atoms with E-state index in [1.54, 1.807) is 0 Å². The van der Waals surface area contributed by atoms with Crippen molar-refractivity contribution in [2.45, 2.75) is 33.0 Å². The lowest BCUT2D eigenvalue weighted by molar-refractivity contribution is -0.119. The summed E-state index contributed by atoms with van der Waals surface area (Å²) in [5.41, 5.74) is 2.70. The molecule has 170 valence electrons. The molecule has 0 saturated heterocycles. The van der Waals surface area contributed by atoms with Crippen LogP contribution >= 0.6 is 0 Å². The van der Waals surface area contributed by atoms with Crippen LogP contribution in [0.3, 0.4) is 0 Å². The molecule has 1 aromatic heterocycles. The number of aromatic nitrogens is 1. The Hall–Kier alpha value is -3.32. The molecule has 2 N–H and O–H groups in total. The standard InChI is InChI=1S/C25H32N4O3/c1-18(2)23(27-25(31)32-17-19-8-6-5-7-9-19)24(30)26-21-10-11-22-20(16-21)12-13-29(22)15-14-28(3)4/h5-13,16,18,23H,14-15,17H2,1-4H3,(H,26,30)(H,27,31)/t23-/m0/s1. The van der Waals surface area contributed by atoms with E-state index >= 15 is 0 Å². The van der Waals surface area contributed by atoms with Gasteiger partial charge in [0.1, 0.15) is 12.6 Å². The minimum absolute atomic E-state index is 0.102. The third kappa shape index (κ3) is 6.34. The molecule has 1 atom stereocenters. The fourth-order valence-electron chi connectivity index (χ4n) is 3.43. The molecule has 0 fully saturated rings. The van der Waals surface area contributed by atoms with Crippen molar-refractivity contribution in [2.75, 3.05) is 26.0 Å². The molecule has 0 bridgehead atoms. The number of ether oxygens (including phenoxy) is 1. The lowest BCUT2D eigenvalue weighted by atomic mass is 10.0. The van der Waals surface area contributed by atoms with Crippen LogP contribution in [0.2, 0.25) is 0 Å². The van der Waals surface area contributed by atoms with Crippen LogP contribution < -0.4 is 10.6 Å². The summed E-state index contributed by atoms with van der Waals surface area (Å²) >= 11 is 0. The van der Waals surface area contributed by atoms with Gasteiger partial charge in [0.15, 0.2) is 0 Å². The molecule has 0 aliphatic heterocycles. The predicted molar refractivity (Wildman–Crippen MR) is 128 cm³/mol. The minimum atomic E-state index is -0.710. The Bertz CT molecular complexity index is 1040. The van der Waals surface area contributed by atoms with E-state index in [0.29, 0.717) is 5.69 Å². The lowest BCUT2D eigenvalue weighted by Crippen LogP contribution is -2.47. The van der Waals surface area contributed by atoms with Crippen LogP contribution in [-0.2, 0) is 22.7 Å². The number of carbonyl (C=O) groups excluding carboxylic acids is 2. The van der Waals surface area contributed by atoms with E-state index in [0.717, 1.165) is 29.6 Å². The van der Waals surface area contributed by atoms with Crippen molar-refractivity contribution >= 4 is 28.6 Å². The molecule has 3 rings (SSSR count). The quantitative estimate of drug-likeness (QED) is 0.530. The zero-order chi connectivity index (χ0) is 23.1. The Kier molecular flexibility index (Phi) is 7.89. The van der Waals surface area contributed by atoms with Crippen LogP contribution in [0, 0.1) is 5.92 Å². The fourth-order valence-corrected chi connectivity index (χ4v) is 3.43.